The van der Waals surface area contributed by atoms with E-state index in [4.69, 9.17) is 0 Å². The topological polar surface area (TPSA) is 55.8 Å². The van der Waals surface area contributed by atoms with Crippen molar-refractivity contribution in [1.29, 1.82) is 0 Å². The Morgan fingerprint density at radius 3 is 2.75 bits per heavy atom. The summed E-state index contributed by atoms with van der Waals surface area (Å²) in [5.41, 5.74) is 0. The van der Waals surface area contributed by atoms with Crippen molar-refractivity contribution in [3.8, 4) is 0 Å². The zero-order valence-corrected chi connectivity index (χ0v) is 19.2. The average molecular weight is 504 g/mol. The lowest BCUT2D eigenvalue weighted by Crippen LogP contribution is -2.45. The predicted octanol–water partition coefficient (Wildman–Crippen LogP) is 2.85. The summed E-state index contributed by atoms with van der Waals surface area (Å²) in [5, 5.41) is 6.89. The summed E-state index contributed by atoms with van der Waals surface area (Å²) in [6, 6.07) is 3.35. The second-order valence-corrected chi connectivity index (χ2v) is 7.49. The molecule has 3 heterocycles. The van der Waals surface area contributed by atoms with Gasteiger partial charge in [0, 0.05) is 38.9 Å². The minimum absolute atomic E-state index is 0. The summed E-state index contributed by atoms with van der Waals surface area (Å²) in [6.45, 7) is 6.10. The Balaban J connectivity index is 0.00000280. The highest BCUT2D eigenvalue weighted by Crippen LogP contribution is 2.20. The van der Waals surface area contributed by atoms with Crippen molar-refractivity contribution in [2.75, 3.05) is 51.2 Å². The van der Waals surface area contributed by atoms with Crippen molar-refractivity contribution >= 4 is 35.8 Å². The lowest BCUT2D eigenvalue weighted by molar-refractivity contribution is 0.282. The zero-order chi connectivity index (χ0) is 18.9. The predicted molar refractivity (Wildman–Crippen MR) is 124 cm³/mol. The monoisotopic (exact) mass is 504 g/mol. The number of aliphatic imine (C=N–C) groups is 1. The van der Waals surface area contributed by atoms with E-state index in [2.05, 4.69) is 25.5 Å². The van der Waals surface area contributed by atoms with Crippen LogP contribution in [0.25, 0.3) is 0 Å². The number of hydrogen-bond acceptors (Lipinski definition) is 4. The third-order valence-electron chi connectivity index (χ3n) is 5.43. The van der Waals surface area contributed by atoms with E-state index >= 15 is 0 Å². The van der Waals surface area contributed by atoms with Crippen LogP contribution in [0, 0.1) is 5.82 Å². The summed E-state index contributed by atoms with van der Waals surface area (Å²) in [4.78, 5) is 13.1. The van der Waals surface area contributed by atoms with Crippen LogP contribution in [0.2, 0.25) is 0 Å². The number of nitrogens with zero attached hydrogens (tertiary/aromatic N) is 4. The number of anilines is 1. The SMILES string of the molecule is CN=C(NCCCN1CCCCCC1)NC1CCN(c2ncccc2F)C1.I. The fraction of sp³-hybridized carbons (Fsp3) is 0.700. The van der Waals surface area contributed by atoms with Gasteiger partial charge in [-0.3, -0.25) is 4.99 Å². The Morgan fingerprint density at radius 1 is 1.25 bits per heavy atom. The van der Waals surface area contributed by atoms with Crippen LogP contribution in [0.3, 0.4) is 0 Å². The molecule has 0 aromatic carbocycles. The molecule has 0 bridgehead atoms. The second kappa shape index (κ2) is 12.4. The lowest BCUT2D eigenvalue weighted by Gasteiger charge is -2.21. The molecule has 2 fully saturated rings. The number of nitrogens with one attached hydrogen (secondary N) is 2. The van der Waals surface area contributed by atoms with Crippen LogP contribution in [-0.4, -0.2) is 68.2 Å². The standard InChI is InChI=1S/C20H33FN6.HI/c1-22-20(24-11-7-14-26-12-4-2-3-5-13-26)25-17-9-15-27(16-17)19-18(21)8-6-10-23-19;/h6,8,10,17H,2-5,7,9,11-16H2,1H3,(H2,22,24,25);1H. The van der Waals surface area contributed by atoms with E-state index in [1.165, 1.54) is 44.8 Å². The van der Waals surface area contributed by atoms with Gasteiger partial charge in [0.2, 0.25) is 0 Å². The maximum atomic E-state index is 13.9. The van der Waals surface area contributed by atoms with Gasteiger partial charge in [-0.15, -0.1) is 24.0 Å². The van der Waals surface area contributed by atoms with E-state index in [0.717, 1.165) is 45.0 Å². The first-order valence-corrected chi connectivity index (χ1v) is 10.3. The summed E-state index contributed by atoms with van der Waals surface area (Å²) in [7, 11) is 1.80. The first-order chi connectivity index (χ1) is 13.3. The first-order valence-electron chi connectivity index (χ1n) is 10.3. The highest BCUT2D eigenvalue weighted by atomic mass is 127. The van der Waals surface area contributed by atoms with Crippen LogP contribution >= 0.6 is 24.0 Å². The van der Waals surface area contributed by atoms with Crippen LogP contribution in [0.5, 0.6) is 0 Å². The van der Waals surface area contributed by atoms with E-state index in [9.17, 15) is 4.39 Å². The lowest BCUT2D eigenvalue weighted by atomic mass is 10.2. The van der Waals surface area contributed by atoms with Crippen LogP contribution in [0.15, 0.2) is 23.3 Å². The first kappa shape index (κ1) is 23.1. The summed E-state index contributed by atoms with van der Waals surface area (Å²) >= 11 is 0. The normalized spacial score (nSPS) is 21.1. The third-order valence-corrected chi connectivity index (χ3v) is 5.43. The van der Waals surface area contributed by atoms with Gasteiger partial charge < -0.3 is 20.4 Å². The van der Waals surface area contributed by atoms with E-state index < -0.39 is 0 Å². The second-order valence-electron chi connectivity index (χ2n) is 7.49. The van der Waals surface area contributed by atoms with E-state index in [1.54, 1.807) is 19.3 Å². The van der Waals surface area contributed by atoms with Gasteiger partial charge in [0.1, 0.15) is 0 Å². The minimum atomic E-state index is -0.255. The molecule has 2 aliphatic heterocycles. The molecular formula is C20H34FIN6. The molecular weight excluding hydrogens is 470 g/mol. The van der Waals surface area contributed by atoms with Crippen molar-refractivity contribution in [3.63, 3.8) is 0 Å². The molecule has 1 aromatic rings. The third kappa shape index (κ3) is 7.02. The van der Waals surface area contributed by atoms with Crippen molar-refractivity contribution in [2.45, 2.75) is 44.6 Å². The van der Waals surface area contributed by atoms with Crippen molar-refractivity contribution < 1.29 is 4.39 Å². The highest BCUT2D eigenvalue weighted by Gasteiger charge is 2.25. The van der Waals surface area contributed by atoms with Gasteiger partial charge in [-0.05, 0) is 57.5 Å². The molecule has 1 unspecified atom stereocenters. The van der Waals surface area contributed by atoms with Crippen molar-refractivity contribution in [1.82, 2.24) is 20.5 Å². The van der Waals surface area contributed by atoms with Gasteiger partial charge in [0.25, 0.3) is 0 Å². The quantitative estimate of drug-likeness (QED) is 0.270. The van der Waals surface area contributed by atoms with E-state index in [1.807, 2.05) is 4.90 Å². The minimum Gasteiger partial charge on any atom is -0.356 e. The fourth-order valence-corrected chi connectivity index (χ4v) is 3.94. The molecule has 0 radical (unpaired) electrons. The number of rotatable bonds is 6. The summed E-state index contributed by atoms with van der Waals surface area (Å²) < 4.78 is 13.9. The van der Waals surface area contributed by atoms with Gasteiger partial charge in [-0.1, -0.05) is 12.8 Å². The Kier molecular flexibility index (Phi) is 10.3. The van der Waals surface area contributed by atoms with Gasteiger partial charge in [-0.2, -0.15) is 0 Å². The van der Waals surface area contributed by atoms with Crippen molar-refractivity contribution in [2.24, 2.45) is 4.99 Å². The number of likely N-dealkylation sites (tertiary alicyclic amines) is 1. The maximum Gasteiger partial charge on any atom is 0.191 e. The Morgan fingerprint density at radius 2 is 2.04 bits per heavy atom. The van der Waals surface area contributed by atoms with Crippen molar-refractivity contribution in [3.05, 3.63) is 24.1 Å². The largest absolute Gasteiger partial charge is 0.356 e. The van der Waals surface area contributed by atoms with E-state index in [-0.39, 0.29) is 35.8 Å². The maximum absolute atomic E-state index is 13.9. The number of hydrogen-bond donors (Lipinski definition) is 2. The molecule has 8 heteroatoms. The number of aromatic nitrogens is 1. The molecule has 2 N–H and O–H groups in total. The molecule has 0 amide bonds. The molecule has 1 aromatic heterocycles. The Bertz CT molecular complexity index is 606. The molecule has 28 heavy (non-hydrogen) atoms. The van der Waals surface area contributed by atoms with E-state index in [0.29, 0.717) is 5.82 Å². The van der Waals surface area contributed by atoms with Crippen LogP contribution in [0.4, 0.5) is 10.2 Å². The molecule has 6 nitrogen and oxygen atoms in total. The number of halogens is 2. The number of guanidine groups is 1. The molecule has 2 saturated heterocycles. The van der Waals surface area contributed by atoms with Gasteiger partial charge in [-0.25, -0.2) is 9.37 Å². The molecule has 0 aliphatic carbocycles. The average Bonchev–Trinajstić information content (AvgIpc) is 2.98. The molecule has 0 spiro atoms. The molecule has 2 aliphatic rings. The Hall–Kier alpha value is -1.16. The molecule has 3 rings (SSSR count). The van der Waals surface area contributed by atoms with Crippen LogP contribution in [-0.2, 0) is 0 Å². The zero-order valence-electron chi connectivity index (χ0n) is 16.9. The van der Waals surface area contributed by atoms with Crippen LogP contribution in [0.1, 0.15) is 38.5 Å². The Labute approximate surface area is 185 Å². The summed E-state index contributed by atoms with van der Waals surface area (Å²) in [6.07, 6.45) is 9.15. The summed E-state index contributed by atoms with van der Waals surface area (Å²) in [5.74, 6) is 1.02. The number of pyridine rings is 1. The van der Waals surface area contributed by atoms with Gasteiger partial charge in [0.15, 0.2) is 17.6 Å². The molecule has 1 atom stereocenters. The van der Waals surface area contributed by atoms with Crippen LogP contribution < -0.4 is 15.5 Å². The fourth-order valence-electron chi connectivity index (χ4n) is 3.94. The molecule has 158 valence electrons. The van der Waals surface area contributed by atoms with Gasteiger partial charge >= 0.3 is 0 Å². The smallest absolute Gasteiger partial charge is 0.191 e. The highest BCUT2D eigenvalue weighted by molar-refractivity contribution is 14.0. The van der Waals surface area contributed by atoms with Gasteiger partial charge in [0.05, 0.1) is 0 Å². The molecule has 0 saturated carbocycles.